The Bertz CT molecular complexity index is 666. The largest absolute Gasteiger partial charge is 0.396 e. The molecule has 1 aromatic heterocycles. The molecule has 122 valence electrons. The van der Waals surface area contributed by atoms with Gasteiger partial charge in [-0.05, 0) is 32.6 Å². The van der Waals surface area contributed by atoms with Crippen molar-refractivity contribution in [2.45, 2.75) is 38.6 Å². The van der Waals surface area contributed by atoms with E-state index in [1.807, 2.05) is 22.4 Å². The Balaban J connectivity index is 1.74. The van der Waals surface area contributed by atoms with Crippen LogP contribution in [0.1, 0.15) is 41.7 Å². The number of hydrogen-bond donors (Lipinski definition) is 1. The fourth-order valence-electron chi connectivity index (χ4n) is 3.08. The first-order valence-electron chi connectivity index (χ1n) is 8.13. The smallest absolute Gasteiger partial charge is 0.273 e. The quantitative estimate of drug-likeness (QED) is 0.913. The molecule has 0 bridgehead atoms. The molecule has 2 heterocycles. The van der Waals surface area contributed by atoms with Gasteiger partial charge >= 0.3 is 0 Å². The van der Waals surface area contributed by atoms with Crippen LogP contribution in [-0.4, -0.2) is 40.1 Å². The molecule has 23 heavy (non-hydrogen) atoms. The Kier molecular flexibility index (Phi) is 5.08. The second-order valence-electron chi connectivity index (χ2n) is 6.06. The number of aromatic nitrogens is 1. The van der Waals surface area contributed by atoms with E-state index < -0.39 is 0 Å². The number of hydrogen-bond acceptors (Lipinski definition) is 4. The summed E-state index contributed by atoms with van der Waals surface area (Å²) in [6, 6.07) is 8.46. The van der Waals surface area contributed by atoms with E-state index in [1.54, 1.807) is 0 Å². The van der Waals surface area contributed by atoms with Crippen LogP contribution >= 0.6 is 11.3 Å². The molecule has 4 nitrogen and oxygen atoms in total. The van der Waals surface area contributed by atoms with Gasteiger partial charge in [0.15, 0.2) is 0 Å². The first-order valence-corrected chi connectivity index (χ1v) is 9.01. The fraction of sp³-hybridized carbons (Fsp3) is 0.444. The van der Waals surface area contributed by atoms with Crippen LogP contribution in [0.5, 0.6) is 0 Å². The van der Waals surface area contributed by atoms with Gasteiger partial charge in [-0.1, -0.05) is 29.8 Å². The highest BCUT2D eigenvalue weighted by Crippen LogP contribution is 2.27. The van der Waals surface area contributed by atoms with E-state index in [0.717, 1.165) is 42.8 Å². The topological polar surface area (TPSA) is 53.4 Å². The summed E-state index contributed by atoms with van der Waals surface area (Å²) in [5.41, 5.74) is 2.81. The number of aliphatic hydroxyl groups excluding tert-OH is 1. The Hall–Kier alpha value is -1.72. The molecule has 1 aromatic carbocycles. The number of amides is 1. The van der Waals surface area contributed by atoms with Gasteiger partial charge < -0.3 is 10.0 Å². The molecule has 1 atom stereocenters. The number of aryl methyl sites for hydroxylation is 1. The Morgan fingerprint density at radius 3 is 2.91 bits per heavy atom. The van der Waals surface area contributed by atoms with Gasteiger partial charge in [-0.2, -0.15) is 0 Å². The molecule has 5 heteroatoms. The van der Waals surface area contributed by atoms with Crippen LogP contribution < -0.4 is 0 Å². The van der Waals surface area contributed by atoms with Gasteiger partial charge in [0.25, 0.3) is 5.91 Å². The second kappa shape index (κ2) is 7.23. The van der Waals surface area contributed by atoms with Crippen LogP contribution in [0, 0.1) is 6.92 Å². The predicted octanol–water partition coefficient (Wildman–Crippen LogP) is 3.50. The first kappa shape index (κ1) is 16.1. The summed E-state index contributed by atoms with van der Waals surface area (Å²) in [5.74, 6) is 0.0278. The van der Waals surface area contributed by atoms with Crippen molar-refractivity contribution in [3.63, 3.8) is 0 Å². The average molecular weight is 330 g/mol. The second-order valence-corrected chi connectivity index (χ2v) is 6.92. The molecular weight excluding hydrogens is 308 g/mol. The van der Waals surface area contributed by atoms with Gasteiger partial charge in [0.05, 0.1) is 0 Å². The summed E-state index contributed by atoms with van der Waals surface area (Å²) < 4.78 is 0. The molecule has 0 saturated carbocycles. The molecule has 2 aromatic rings. The van der Waals surface area contributed by atoms with Gasteiger partial charge in [-0.3, -0.25) is 4.79 Å². The molecule has 1 saturated heterocycles. The fourth-order valence-corrected chi connectivity index (χ4v) is 3.88. The number of rotatable bonds is 5. The highest BCUT2D eigenvalue weighted by atomic mass is 32.1. The maximum Gasteiger partial charge on any atom is 0.273 e. The van der Waals surface area contributed by atoms with Gasteiger partial charge in [0, 0.05) is 30.1 Å². The zero-order chi connectivity index (χ0) is 16.2. The average Bonchev–Trinajstić information content (AvgIpc) is 3.22. The molecule has 1 fully saturated rings. The van der Waals surface area contributed by atoms with Gasteiger partial charge in [0.2, 0.25) is 0 Å². The van der Waals surface area contributed by atoms with Crippen molar-refractivity contribution < 1.29 is 9.90 Å². The Labute approximate surface area is 140 Å². The van der Waals surface area contributed by atoms with Crippen molar-refractivity contribution in [1.82, 2.24) is 9.88 Å². The summed E-state index contributed by atoms with van der Waals surface area (Å²) >= 11 is 1.52. The maximum absolute atomic E-state index is 12.7. The molecule has 1 aliphatic rings. The molecule has 1 aliphatic heterocycles. The van der Waals surface area contributed by atoms with E-state index in [4.69, 9.17) is 5.11 Å². The molecule has 1 unspecified atom stereocenters. The third-order valence-corrected chi connectivity index (χ3v) is 5.25. The summed E-state index contributed by atoms with van der Waals surface area (Å²) in [7, 11) is 0. The zero-order valence-electron chi connectivity index (χ0n) is 13.4. The van der Waals surface area contributed by atoms with Gasteiger partial charge in [0.1, 0.15) is 10.7 Å². The lowest BCUT2D eigenvalue weighted by Crippen LogP contribution is -2.35. The van der Waals surface area contributed by atoms with E-state index >= 15 is 0 Å². The highest BCUT2D eigenvalue weighted by molar-refractivity contribution is 7.13. The number of carbonyl (C=O) groups is 1. The van der Waals surface area contributed by atoms with E-state index in [1.165, 1.54) is 16.9 Å². The lowest BCUT2D eigenvalue weighted by Gasteiger charge is -2.23. The van der Waals surface area contributed by atoms with Crippen LogP contribution in [0.25, 0.3) is 10.6 Å². The number of nitrogens with zero attached hydrogens (tertiary/aromatic N) is 2. The Morgan fingerprint density at radius 2 is 2.17 bits per heavy atom. The van der Waals surface area contributed by atoms with Gasteiger partial charge in [-0.25, -0.2) is 4.98 Å². The number of aliphatic hydroxyl groups is 1. The van der Waals surface area contributed by atoms with Crippen LogP contribution in [0.2, 0.25) is 0 Å². The monoisotopic (exact) mass is 330 g/mol. The lowest BCUT2D eigenvalue weighted by molar-refractivity contribution is 0.0719. The minimum Gasteiger partial charge on any atom is -0.396 e. The predicted molar refractivity (Wildman–Crippen MR) is 92.7 cm³/mol. The number of carbonyl (C=O) groups excluding carboxylic acids is 1. The molecular formula is C18H22N2O2S. The molecule has 0 radical (unpaired) electrons. The molecule has 3 rings (SSSR count). The maximum atomic E-state index is 12.7. The van der Waals surface area contributed by atoms with Crippen LogP contribution in [0.15, 0.2) is 29.6 Å². The van der Waals surface area contributed by atoms with E-state index in [-0.39, 0.29) is 18.6 Å². The highest BCUT2D eigenvalue weighted by Gasteiger charge is 2.30. The number of likely N-dealkylation sites (tertiary alicyclic amines) is 1. The SMILES string of the molecule is Cc1ccc(-c2nc(C(=O)N3CCCC3CCCO)cs2)cc1. The van der Waals surface area contributed by atoms with Crippen molar-refractivity contribution in [3.05, 3.63) is 40.9 Å². The zero-order valence-corrected chi connectivity index (χ0v) is 14.2. The summed E-state index contributed by atoms with van der Waals surface area (Å²) in [5, 5.41) is 11.8. The normalized spacial score (nSPS) is 17.7. The van der Waals surface area contributed by atoms with Crippen LogP contribution in [-0.2, 0) is 0 Å². The van der Waals surface area contributed by atoms with E-state index in [0.29, 0.717) is 5.69 Å². The molecule has 1 N–H and O–H groups in total. The van der Waals surface area contributed by atoms with Crippen molar-refractivity contribution in [2.24, 2.45) is 0 Å². The van der Waals surface area contributed by atoms with E-state index in [2.05, 4.69) is 24.0 Å². The standard InChI is InChI=1S/C18H22N2O2S/c1-13-6-8-14(9-7-13)17-19-16(12-23-17)18(22)20-10-2-4-15(20)5-3-11-21/h6-9,12,15,21H,2-5,10-11H2,1H3. The first-order chi connectivity index (χ1) is 11.2. The minimum absolute atomic E-state index is 0.0278. The summed E-state index contributed by atoms with van der Waals surface area (Å²) in [6.45, 7) is 3.04. The van der Waals surface area contributed by atoms with Crippen LogP contribution in [0.4, 0.5) is 0 Å². The van der Waals surface area contributed by atoms with Crippen molar-refractivity contribution in [2.75, 3.05) is 13.2 Å². The van der Waals surface area contributed by atoms with Crippen molar-refractivity contribution in [1.29, 1.82) is 0 Å². The number of thiazole rings is 1. The third kappa shape index (κ3) is 3.62. The summed E-state index contributed by atoms with van der Waals surface area (Å²) in [4.78, 5) is 19.2. The molecule has 1 amide bonds. The van der Waals surface area contributed by atoms with Crippen LogP contribution in [0.3, 0.4) is 0 Å². The van der Waals surface area contributed by atoms with E-state index in [9.17, 15) is 4.79 Å². The minimum atomic E-state index is 0.0278. The molecule has 0 aliphatic carbocycles. The lowest BCUT2D eigenvalue weighted by atomic mass is 10.1. The molecule has 0 spiro atoms. The number of benzene rings is 1. The van der Waals surface area contributed by atoms with Crippen molar-refractivity contribution >= 4 is 17.2 Å². The summed E-state index contributed by atoms with van der Waals surface area (Å²) in [6.07, 6.45) is 3.69. The van der Waals surface area contributed by atoms with Gasteiger partial charge in [-0.15, -0.1) is 11.3 Å². The third-order valence-electron chi connectivity index (χ3n) is 4.36. The van der Waals surface area contributed by atoms with Crippen molar-refractivity contribution in [3.8, 4) is 10.6 Å². The Morgan fingerprint density at radius 1 is 1.39 bits per heavy atom.